The summed E-state index contributed by atoms with van der Waals surface area (Å²) in [6, 6.07) is 0. The van der Waals surface area contributed by atoms with Crippen molar-refractivity contribution >= 4 is 22.1 Å². The smallest absolute Gasteiger partial charge is 0.307 e. The topological polar surface area (TPSA) is 80.8 Å². The Hall–Kier alpha value is -1.18. The van der Waals surface area contributed by atoms with Crippen molar-refractivity contribution in [1.29, 1.82) is 0 Å². The van der Waals surface area contributed by atoms with Gasteiger partial charge in [0.05, 0.1) is 13.0 Å². The van der Waals surface area contributed by atoms with Crippen LogP contribution in [0.4, 0.5) is 3.89 Å². The van der Waals surface area contributed by atoms with Gasteiger partial charge in [-0.2, -0.15) is 8.42 Å². The van der Waals surface area contributed by atoms with Crippen LogP contribution in [-0.2, 0) is 24.5 Å². The number of hydrogen-bond acceptors (Lipinski definition) is 5. The van der Waals surface area contributed by atoms with Crippen LogP contribution >= 0.6 is 0 Å². The molecule has 0 aromatic carbocycles. The van der Waals surface area contributed by atoms with Crippen molar-refractivity contribution < 1.29 is 26.6 Å². The third kappa shape index (κ3) is 4.25. The molecule has 0 bridgehead atoms. The first-order chi connectivity index (χ1) is 8.34. The summed E-state index contributed by atoms with van der Waals surface area (Å²) >= 11 is 0. The molecule has 1 aliphatic heterocycles. The molecule has 104 valence electrons. The Bertz CT molecular complexity index is 422. The van der Waals surface area contributed by atoms with Crippen molar-refractivity contribution in [3.05, 3.63) is 0 Å². The average Bonchev–Trinajstić information content (AvgIpc) is 2.75. The van der Waals surface area contributed by atoms with E-state index < -0.39 is 21.4 Å². The molecule has 0 aromatic rings. The number of halogens is 1. The molecule has 0 aliphatic carbocycles. The van der Waals surface area contributed by atoms with Gasteiger partial charge >= 0.3 is 16.2 Å². The lowest BCUT2D eigenvalue weighted by Crippen LogP contribution is -2.31. The molecule has 6 nitrogen and oxygen atoms in total. The largest absolute Gasteiger partial charge is 0.466 e. The minimum atomic E-state index is -4.59. The van der Waals surface area contributed by atoms with Gasteiger partial charge < -0.3 is 9.64 Å². The second-order valence-corrected chi connectivity index (χ2v) is 5.65. The summed E-state index contributed by atoms with van der Waals surface area (Å²) < 4.78 is 38.7. The van der Waals surface area contributed by atoms with Crippen molar-refractivity contribution in [2.24, 2.45) is 0 Å². The molecular formula is C10H16FNO5S. The van der Waals surface area contributed by atoms with Crippen LogP contribution in [0.15, 0.2) is 0 Å². The second kappa shape index (κ2) is 6.12. The fourth-order valence-corrected chi connectivity index (χ4v) is 2.53. The fourth-order valence-electron chi connectivity index (χ4n) is 1.78. The first-order valence-corrected chi connectivity index (χ1v) is 7.16. The number of likely N-dealkylation sites (tertiary alicyclic amines) is 1. The van der Waals surface area contributed by atoms with Crippen molar-refractivity contribution in [3.8, 4) is 0 Å². The van der Waals surface area contributed by atoms with Gasteiger partial charge in [0.15, 0.2) is 0 Å². The Kier molecular flexibility index (Phi) is 5.06. The zero-order valence-corrected chi connectivity index (χ0v) is 10.9. The molecule has 0 aromatic heterocycles. The molecule has 18 heavy (non-hydrogen) atoms. The average molecular weight is 281 g/mol. The lowest BCUT2D eigenvalue weighted by atomic mass is 10.3. The second-order valence-electron chi connectivity index (χ2n) is 4.03. The third-order valence-electron chi connectivity index (χ3n) is 2.74. The predicted molar refractivity (Wildman–Crippen MR) is 60.9 cm³/mol. The number of ether oxygens (including phenoxy) is 1. The van der Waals surface area contributed by atoms with Crippen LogP contribution in [-0.4, -0.2) is 50.1 Å². The van der Waals surface area contributed by atoms with E-state index in [2.05, 4.69) is 4.74 Å². The molecule has 0 radical (unpaired) electrons. The normalized spacial score (nSPS) is 19.9. The van der Waals surface area contributed by atoms with Crippen molar-refractivity contribution in [1.82, 2.24) is 4.90 Å². The highest BCUT2D eigenvalue weighted by molar-refractivity contribution is 7.87. The molecule has 0 N–H and O–H groups in total. The van der Waals surface area contributed by atoms with Gasteiger partial charge in [-0.05, 0) is 13.3 Å². The van der Waals surface area contributed by atoms with Crippen LogP contribution in [0.2, 0.25) is 0 Å². The molecule has 1 saturated heterocycles. The van der Waals surface area contributed by atoms with Gasteiger partial charge in [-0.1, -0.05) is 0 Å². The monoisotopic (exact) mass is 281 g/mol. The maximum atomic E-state index is 12.7. The summed E-state index contributed by atoms with van der Waals surface area (Å²) in [6.07, 6.45) is 0.0120. The van der Waals surface area contributed by atoms with Crippen LogP contribution in [0.25, 0.3) is 0 Å². The highest BCUT2D eigenvalue weighted by Crippen LogP contribution is 2.19. The molecule has 8 heteroatoms. The summed E-state index contributed by atoms with van der Waals surface area (Å²) in [5.74, 6) is -0.825. The van der Waals surface area contributed by atoms with Gasteiger partial charge in [0.25, 0.3) is 0 Å². The van der Waals surface area contributed by atoms with Crippen molar-refractivity contribution in [3.63, 3.8) is 0 Å². The summed E-state index contributed by atoms with van der Waals surface area (Å²) in [6.45, 7) is 1.98. The van der Waals surface area contributed by atoms with Gasteiger partial charge in [-0.3, -0.25) is 9.59 Å². The molecular weight excluding hydrogens is 265 g/mol. The first kappa shape index (κ1) is 14.9. The number of rotatable bonds is 5. The number of nitrogens with zero attached hydrogens (tertiary/aromatic N) is 1. The highest BCUT2D eigenvalue weighted by atomic mass is 32.3. The zero-order valence-electron chi connectivity index (χ0n) is 10.1. The Labute approximate surface area is 105 Å². The van der Waals surface area contributed by atoms with Crippen molar-refractivity contribution in [2.75, 3.05) is 19.7 Å². The van der Waals surface area contributed by atoms with E-state index in [1.165, 1.54) is 4.90 Å². The first-order valence-electron chi connectivity index (χ1n) is 5.71. The number of carbonyl (C=O) groups excluding carboxylic acids is 2. The zero-order chi connectivity index (χ0) is 13.8. The van der Waals surface area contributed by atoms with Crippen LogP contribution in [0.3, 0.4) is 0 Å². The van der Waals surface area contributed by atoms with Gasteiger partial charge in [0, 0.05) is 19.5 Å². The highest BCUT2D eigenvalue weighted by Gasteiger charge is 2.35. The Morgan fingerprint density at radius 2 is 2.06 bits per heavy atom. The lowest BCUT2D eigenvalue weighted by Gasteiger charge is -2.15. The number of carbonyl (C=O) groups is 2. The lowest BCUT2D eigenvalue weighted by molar-refractivity contribution is -0.145. The Morgan fingerprint density at radius 3 is 2.56 bits per heavy atom. The van der Waals surface area contributed by atoms with Crippen molar-refractivity contribution in [2.45, 2.75) is 31.4 Å². The minimum Gasteiger partial charge on any atom is -0.466 e. The van der Waals surface area contributed by atoms with Gasteiger partial charge in [-0.25, -0.2) is 0 Å². The Morgan fingerprint density at radius 1 is 1.39 bits per heavy atom. The molecule has 1 amide bonds. The molecule has 0 saturated carbocycles. The number of hydrogen-bond donors (Lipinski definition) is 0. The van der Waals surface area contributed by atoms with E-state index >= 15 is 0 Å². The van der Waals surface area contributed by atoms with Crippen LogP contribution in [0.5, 0.6) is 0 Å². The summed E-state index contributed by atoms with van der Waals surface area (Å²) in [7, 11) is -4.59. The number of amides is 1. The fraction of sp³-hybridized carbons (Fsp3) is 0.800. The SMILES string of the molecule is CCOC(=O)CCC(=O)N1CCC(S(=O)(=O)F)C1. The van der Waals surface area contributed by atoms with E-state index in [0.717, 1.165) is 0 Å². The molecule has 1 heterocycles. The van der Waals surface area contributed by atoms with E-state index in [0.29, 0.717) is 0 Å². The van der Waals surface area contributed by atoms with Crippen LogP contribution < -0.4 is 0 Å². The molecule has 0 spiro atoms. The van der Waals surface area contributed by atoms with Gasteiger partial charge in [0.1, 0.15) is 5.25 Å². The van der Waals surface area contributed by atoms with E-state index in [4.69, 9.17) is 0 Å². The summed E-state index contributed by atoms with van der Waals surface area (Å²) in [4.78, 5) is 23.9. The predicted octanol–water partition coefficient (Wildman–Crippen LogP) is 0.230. The Balaban J connectivity index is 2.39. The summed E-state index contributed by atoms with van der Waals surface area (Å²) in [5, 5.41) is -1.14. The molecule has 1 aliphatic rings. The molecule has 1 unspecified atom stereocenters. The number of esters is 1. The summed E-state index contributed by atoms with van der Waals surface area (Å²) in [5.41, 5.74) is 0. The molecule has 1 atom stereocenters. The van der Waals surface area contributed by atoms with E-state index in [1.54, 1.807) is 6.92 Å². The minimum absolute atomic E-state index is 0.0438. The van der Waals surface area contributed by atoms with Gasteiger partial charge in [0.2, 0.25) is 5.91 Å². The van der Waals surface area contributed by atoms with Crippen LogP contribution in [0, 0.1) is 0 Å². The van der Waals surface area contributed by atoms with E-state index in [-0.39, 0.29) is 44.9 Å². The molecule has 1 rings (SSSR count). The van der Waals surface area contributed by atoms with Crippen LogP contribution in [0.1, 0.15) is 26.2 Å². The quantitative estimate of drug-likeness (QED) is 0.532. The maximum Gasteiger partial charge on any atom is 0.307 e. The van der Waals surface area contributed by atoms with E-state index in [1.807, 2.05) is 0 Å². The van der Waals surface area contributed by atoms with Gasteiger partial charge in [-0.15, -0.1) is 3.89 Å². The third-order valence-corrected chi connectivity index (χ3v) is 3.93. The standard InChI is InChI=1S/C10H16FNO5S/c1-2-17-10(14)4-3-9(13)12-6-5-8(7-12)18(11,15)16/h8H,2-7H2,1H3. The van der Waals surface area contributed by atoms with E-state index in [9.17, 15) is 21.9 Å². The maximum absolute atomic E-state index is 12.7. The molecule has 1 fully saturated rings.